The lowest BCUT2D eigenvalue weighted by Crippen LogP contribution is -2.04. The first kappa shape index (κ1) is 33.1. The van der Waals surface area contributed by atoms with Crippen LogP contribution in [0.2, 0.25) is 0 Å². The Kier molecular flexibility index (Phi) is 10.4. The van der Waals surface area contributed by atoms with Crippen LogP contribution in [0.25, 0.3) is 31.9 Å². The molecule has 0 bridgehead atoms. The Morgan fingerprint density at radius 1 is 1.13 bits per heavy atom. The number of benzene rings is 3. The molecule has 5 aromatic rings. The monoisotopic (exact) mass is 719 g/mol. The van der Waals surface area contributed by atoms with E-state index in [2.05, 4.69) is 66.3 Å². The van der Waals surface area contributed by atoms with E-state index < -0.39 is 11.9 Å². The molecule has 0 unspecified atom stereocenters. The Bertz CT molecular complexity index is 1960. The van der Waals surface area contributed by atoms with Crippen molar-refractivity contribution in [1.82, 2.24) is 19.7 Å². The quantitative estimate of drug-likeness (QED) is 0.108. The highest BCUT2D eigenvalue weighted by atomic mass is 79.9. The van der Waals surface area contributed by atoms with Gasteiger partial charge in [-0.15, -0.1) is 21.5 Å². The van der Waals surface area contributed by atoms with Crippen molar-refractivity contribution in [1.29, 1.82) is 0 Å². The third kappa shape index (κ3) is 7.58. The number of nitrogens with zero attached hydrogens (tertiary/aromatic N) is 5. The van der Waals surface area contributed by atoms with Crippen molar-refractivity contribution >= 4 is 67.4 Å². The van der Waals surface area contributed by atoms with Gasteiger partial charge in [0.05, 0.1) is 30.3 Å². The molecule has 3 aromatic carbocycles. The molecule has 0 radical (unpaired) electrons. The third-order valence-electron chi connectivity index (χ3n) is 7.00. The van der Waals surface area contributed by atoms with Crippen LogP contribution in [0, 0.1) is 19.4 Å². The predicted octanol–water partition coefficient (Wildman–Crippen LogP) is 8.64. The number of aromatic carboxylic acids is 1. The Balaban J connectivity index is 0.000000182. The number of carboxylic acid groups (broad SMARTS) is 2. The molecule has 6 rings (SSSR count). The highest BCUT2D eigenvalue weighted by Crippen LogP contribution is 2.44. The number of carbonyl (C=O) groups is 2. The summed E-state index contributed by atoms with van der Waals surface area (Å²) in [6.07, 6.45) is 2.50. The summed E-state index contributed by atoms with van der Waals surface area (Å²) in [6.45, 7) is 13.6. The Morgan fingerprint density at radius 3 is 2.50 bits per heavy atom. The van der Waals surface area contributed by atoms with E-state index in [9.17, 15) is 9.59 Å². The van der Waals surface area contributed by atoms with Gasteiger partial charge >= 0.3 is 11.9 Å². The maximum absolute atomic E-state index is 11.1. The summed E-state index contributed by atoms with van der Waals surface area (Å²) in [6, 6.07) is 17.8. The summed E-state index contributed by atoms with van der Waals surface area (Å²) in [7, 11) is 0. The lowest BCUT2D eigenvalue weighted by molar-refractivity contribution is -0.133. The summed E-state index contributed by atoms with van der Waals surface area (Å²) in [5.41, 5.74) is 3.96. The first-order chi connectivity index (χ1) is 22.1. The Morgan fingerprint density at radius 2 is 1.87 bits per heavy atom. The van der Waals surface area contributed by atoms with Crippen LogP contribution in [0.5, 0.6) is 5.75 Å². The van der Waals surface area contributed by atoms with E-state index in [1.165, 1.54) is 23.8 Å². The lowest BCUT2D eigenvalue weighted by Gasteiger charge is -2.13. The number of fused-ring (bicyclic) bond motifs is 1. The van der Waals surface area contributed by atoms with Crippen molar-refractivity contribution in [2.75, 3.05) is 12.4 Å². The van der Waals surface area contributed by atoms with Crippen LogP contribution in [0.15, 0.2) is 64.5 Å². The normalized spacial score (nSPS) is 12.4. The largest absolute Gasteiger partial charge is 0.504 e. The van der Waals surface area contributed by atoms with Gasteiger partial charge in [-0.2, -0.15) is 0 Å². The van der Waals surface area contributed by atoms with Gasteiger partial charge < -0.3 is 14.9 Å². The molecule has 1 aliphatic carbocycles. The van der Waals surface area contributed by atoms with Gasteiger partial charge in [0.25, 0.3) is 0 Å². The molecule has 0 atom stereocenters. The Labute approximate surface area is 282 Å². The zero-order chi connectivity index (χ0) is 33.0. The van der Waals surface area contributed by atoms with Crippen molar-refractivity contribution in [3.63, 3.8) is 0 Å². The van der Waals surface area contributed by atoms with E-state index in [0.29, 0.717) is 50.5 Å². The average molecular weight is 721 g/mol. The number of aromatic nitrogens is 4. The predicted molar refractivity (Wildman–Crippen MR) is 183 cm³/mol. The fraction of sp³-hybridized carbons (Fsp3) is 0.273. The smallest absolute Gasteiger partial charge is 0.347 e. The second-order valence-electron chi connectivity index (χ2n) is 11.0. The fourth-order valence-electron chi connectivity index (χ4n) is 4.76. The van der Waals surface area contributed by atoms with Gasteiger partial charge in [0.2, 0.25) is 10.4 Å². The molecule has 0 amide bonds. The molecule has 1 fully saturated rings. The van der Waals surface area contributed by atoms with E-state index in [-0.39, 0.29) is 10.6 Å². The number of thioether (sulfide) groups is 1. The van der Waals surface area contributed by atoms with Crippen LogP contribution < -0.4 is 4.74 Å². The third-order valence-corrected chi connectivity index (χ3v) is 9.62. The van der Waals surface area contributed by atoms with Crippen molar-refractivity contribution < 1.29 is 24.5 Å². The summed E-state index contributed by atoms with van der Waals surface area (Å²) in [5.74, 6) is -0.335. The SMILES string of the molecule is O=C(O)CSc1nnc(Br)n1-c1ccc(C2CC2)c2ccccc12.[C-]#[N+]c1cc(-c2nc(C)c(C(=O)O)s2)ccc1OCC(C)C. The van der Waals surface area contributed by atoms with Gasteiger partial charge in [0, 0.05) is 10.9 Å². The number of thiazole rings is 1. The first-order valence-corrected chi connectivity index (χ1v) is 17.0. The highest BCUT2D eigenvalue weighted by molar-refractivity contribution is 9.10. The summed E-state index contributed by atoms with van der Waals surface area (Å²) in [4.78, 5) is 30.0. The van der Waals surface area contributed by atoms with Gasteiger partial charge in [0.15, 0.2) is 5.16 Å². The molecule has 0 saturated heterocycles. The fourth-order valence-corrected chi connectivity index (χ4v) is 6.88. The molecule has 46 heavy (non-hydrogen) atoms. The minimum Gasteiger partial charge on any atom is -0.504 e. The molecular weight excluding hydrogens is 690 g/mol. The topological polar surface area (TPSA) is 132 Å². The van der Waals surface area contributed by atoms with Gasteiger partial charge in [-0.1, -0.05) is 62.0 Å². The van der Waals surface area contributed by atoms with Crippen molar-refractivity contribution in [2.24, 2.45) is 5.92 Å². The molecule has 2 heterocycles. The lowest BCUT2D eigenvalue weighted by atomic mass is 9.99. The molecule has 1 aliphatic rings. The zero-order valence-corrected chi connectivity index (χ0v) is 28.4. The van der Waals surface area contributed by atoms with Gasteiger partial charge in [0.1, 0.15) is 15.6 Å². The van der Waals surface area contributed by atoms with E-state index in [1.54, 1.807) is 25.1 Å². The molecule has 13 heteroatoms. The Hall–Kier alpha value is -4.25. The number of aliphatic carboxylic acids is 1. The highest BCUT2D eigenvalue weighted by Gasteiger charge is 2.26. The zero-order valence-electron chi connectivity index (χ0n) is 25.2. The van der Waals surface area contributed by atoms with Crippen LogP contribution in [0.3, 0.4) is 0 Å². The summed E-state index contributed by atoms with van der Waals surface area (Å²) in [5, 5.41) is 29.7. The first-order valence-electron chi connectivity index (χ1n) is 14.4. The van der Waals surface area contributed by atoms with Crippen molar-refractivity contribution in [3.05, 3.63) is 86.9 Å². The van der Waals surface area contributed by atoms with Crippen LogP contribution in [0.1, 0.15) is 53.5 Å². The molecule has 10 nitrogen and oxygen atoms in total. The number of ether oxygens (including phenoxy) is 1. The van der Waals surface area contributed by atoms with Gasteiger partial charge in [-0.05, 0) is 76.7 Å². The van der Waals surface area contributed by atoms with Crippen molar-refractivity contribution in [3.8, 4) is 22.0 Å². The average Bonchev–Trinajstić information content (AvgIpc) is 3.71. The maximum atomic E-state index is 11.1. The number of carboxylic acids is 2. The van der Waals surface area contributed by atoms with E-state index in [4.69, 9.17) is 21.5 Å². The van der Waals surface area contributed by atoms with Crippen molar-refractivity contribution in [2.45, 2.75) is 44.7 Å². The summed E-state index contributed by atoms with van der Waals surface area (Å²) >= 11 is 5.71. The van der Waals surface area contributed by atoms with Crippen LogP contribution in [-0.4, -0.2) is 54.3 Å². The van der Waals surface area contributed by atoms with Crippen LogP contribution in [0.4, 0.5) is 5.69 Å². The van der Waals surface area contributed by atoms with Crippen LogP contribution in [-0.2, 0) is 4.79 Å². The minimum absolute atomic E-state index is 0.0524. The molecule has 1 saturated carbocycles. The number of halogens is 1. The molecule has 2 aromatic heterocycles. The van der Waals surface area contributed by atoms with Gasteiger partial charge in [-0.3, -0.25) is 9.36 Å². The maximum Gasteiger partial charge on any atom is 0.347 e. The second kappa shape index (κ2) is 14.5. The number of aryl methyl sites for hydroxylation is 1. The van der Waals surface area contributed by atoms with E-state index in [0.717, 1.165) is 39.7 Å². The number of hydrogen-bond donors (Lipinski definition) is 2. The number of hydrogen-bond acceptors (Lipinski definition) is 8. The van der Waals surface area contributed by atoms with E-state index in [1.807, 2.05) is 24.5 Å². The minimum atomic E-state index is -0.983. The molecular formula is C33H30BrN5O5S2. The van der Waals surface area contributed by atoms with Crippen LogP contribution >= 0.6 is 39.0 Å². The molecule has 2 N–H and O–H groups in total. The molecule has 0 spiro atoms. The van der Waals surface area contributed by atoms with E-state index >= 15 is 0 Å². The molecule has 0 aliphatic heterocycles. The number of rotatable bonds is 10. The standard InChI is InChI=1S/C17H14BrN3O2S.C16H16N2O3S/c18-16-19-20-17(24-9-15(22)23)21(16)14-8-7-11(10-5-6-10)12-3-1-2-4-13(12)14;1-9(2)8-21-13-6-5-11(7-12(13)17-4)15-18-10(3)14(22-15)16(19)20/h1-4,7-8,10H,5-6,9H2,(H,22,23);5-7,9H,8H2,1-3H3,(H,19,20). The molecule has 236 valence electrons. The van der Waals surface area contributed by atoms with Gasteiger partial charge in [-0.25, -0.2) is 14.6 Å². The summed E-state index contributed by atoms with van der Waals surface area (Å²) < 4.78 is 8.06. The second-order valence-corrected chi connectivity index (χ2v) is 13.7.